The fraction of sp³-hybridized carbons (Fsp3) is 0.263. The van der Waals surface area contributed by atoms with Crippen LogP contribution in [0, 0.1) is 0 Å². The summed E-state index contributed by atoms with van der Waals surface area (Å²) in [6.07, 6.45) is 0. The number of carbonyl (C=O) groups excluding carboxylic acids is 1. The number of hydrogen-bond donors (Lipinski definition) is 1. The maximum atomic E-state index is 12.4. The van der Waals surface area contributed by atoms with Crippen molar-refractivity contribution in [3.05, 3.63) is 70.5 Å². The van der Waals surface area contributed by atoms with Gasteiger partial charge >= 0.3 is 0 Å². The number of nitrogens with one attached hydrogen (secondary N) is 1. The van der Waals surface area contributed by atoms with Crippen molar-refractivity contribution in [1.82, 2.24) is 25.5 Å². The van der Waals surface area contributed by atoms with Gasteiger partial charge in [-0.1, -0.05) is 35.9 Å². The highest BCUT2D eigenvalue weighted by atomic mass is 35.5. The molecule has 27 heavy (non-hydrogen) atoms. The lowest BCUT2D eigenvalue weighted by atomic mass is 10.2. The molecule has 1 aromatic heterocycles. The molecule has 140 valence electrons. The van der Waals surface area contributed by atoms with Crippen LogP contribution in [-0.2, 0) is 13.2 Å². The molecule has 0 saturated heterocycles. The molecule has 0 aliphatic rings. The summed E-state index contributed by atoms with van der Waals surface area (Å²) < 4.78 is 7.44. The summed E-state index contributed by atoms with van der Waals surface area (Å²) in [5.41, 5.74) is 1.36. The largest absolute Gasteiger partial charge is 0.486 e. The Morgan fingerprint density at radius 1 is 1.22 bits per heavy atom. The van der Waals surface area contributed by atoms with E-state index in [2.05, 4.69) is 20.8 Å². The summed E-state index contributed by atoms with van der Waals surface area (Å²) in [5.74, 6) is 0.990. The molecule has 0 radical (unpaired) electrons. The van der Waals surface area contributed by atoms with Crippen molar-refractivity contribution >= 4 is 17.5 Å². The Kier molecular flexibility index (Phi) is 6.03. The van der Waals surface area contributed by atoms with E-state index >= 15 is 0 Å². The van der Waals surface area contributed by atoms with Crippen LogP contribution >= 0.6 is 11.6 Å². The van der Waals surface area contributed by atoms with Crippen molar-refractivity contribution in [3.63, 3.8) is 0 Å². The van der Waals surface area contributed by atoms with Gasteiger partial charge in [0.05, 0.1) is 6.04 Å². The lowest BCUT2D eigenvalue weighted by Crippen LogP contribution is -2.22. The average Bonchev–Trinajstić information content (AvgIpc) is 3.15. The third-order valence-electron chi connectivity index (χ3n) is 3.91. The van der Waals surface area contributed by atoms with E-state index in [1.54, 1.807) is 35.0 Å². The molecule has 3 rings (SSSR count). The van der Waals surface area contributed by atoms with E-state index < -0.39 is 0 Å². The van der Waals surface area contributed by atoms with Crippen molar-refractivity contribution in [3.8, 4) is 5.75 Å². The van der Waals surface area contributed by atoms with Crippen molar-refractivity contribution in [2.75, 3.05) is 0 Å². The number of ether oxygens (including phenoxy) is 1. The van der Waals surface area contributed by atoms with Crippen LogP contribution in [0.2, 0.25) is 5.02 Å². The molecule has 0 saturated carbocycles. The quantitative estimate of drug-likeness (QED) is 0.673. The molecule has 0 atom stereocenters. The Morgan fingerprint density at radius 2 is 2.04 bits per heavy atom. The predicted molar refractivity (Wildman–Crippen MR) is 102 cm³/mol. The molecule has 2 aromatic carbocycles. The molecule has 1 amide bonds. The van der Waals surface area contributed by atoms with Gasteiger partial charge in [-0.3, -0.25) is 4.79 Å². The number of rotatable bonds is 7. The fourth-order valence-corrected chi connectivity index (χ4v) is 2.71. The maximum Gasteiger partial charge on any atom is 0.251 e. The van der Waals surface area contributed by atoms with Crippen molar-refractivity contribution < 1.29 is 9.53 Å². The van der Waals surface area contributed by atoms with Gasteiger partial charge in [0.1, 0.15) is 12.4 Å². The Bertz CT molecular complexity index is 926. The molecule has 0 aliphatic heterocycles. The van der Waals surface area contributed by atoms with Crippen LogP contribution in [0.4, 0.5) is 0 Å². The Hall–Kier alpha value is -2.93. The van der Waals surface area contributed by atoms with Gasteiger partial charge in [-0.25, -0.2) is 4.68 Å². The highest BCUT2D eigenvalue weighted by Gasteiger charge is 2.11. The first-order valence-electron chi connectivity index (χ1n) is 8.56. The number of halogens is 1. The minimum absolute atomic E-state index is 0.139. The zero-order valence-electron chi connectivity index (χ0n) is 15.1. The molecule has 0 bridgehead atoms. The summed E-state index contributed by atoms with van der Waals surface area (Å²) >= 11 is 6.11. The third kappa shape index (κ3) is 4.83. The summed E-state index contributed by atoms with van der Waals surface area (Å²) in [7, 11) is 0. The van der Waals surface area contributed by atoms with Gasteiger partial charge in [-0.15, -0.1) is 5.10 Å². The van der Waals surface area contributed by atoms with Gasteiger partial charge in [0.15, 0.2) is 5.82 Å². The molecule has 0 unspecified atom stereocenters. The first kappa shape index (κ1) is 18.8. The van der Waals surface area contributed by atoms with Crippen LogP contribution in [0.3, 0.4) is 0 Å². The molecule has 0 fully saturated rings. The zero-order valence-corrected chi connectivity index (χ0v) is 15.8. The van der Waals surface area contributed by atoms with Gasteiger partial charge in [0.2, 0.25) is 0 Å². The molecule has 7 nitrogen and oxygen atoms in total. The van der Waals surface area contributed by atoms with Crippen LogP contribution in [0.25, 0.3) is 0 Å². The SMILES string of the molecule is CC(C)n1nnnc1COc1cccc(C(=O)NCc2ccccc2Cl)c1. The van der Waals surface area contributed by atoms with E-state index in [0.29, 0.717) is 28.7 Å². The second-order valence-electron chi connectivity index (χ2n) is 6.22. The summed E-state index contributed by atoms with van der Waals surface area (Å²) in [4.78, 5) is 12.4. The minimum atomic E-state index is -0.201. The highest BCUT2D eigenvalue weighted by Crippen LogP contribution is 2.17. The van der Waals surface area contributed by atoms with Crippen molar-refractivity contribution in [2.24, 2.45) is 0 Å². The van der Waals surface area contributed by atoms with Crippen LogP contribution in [-0.4, -0.2) is 26.1 Å². The average molecular weight is 386 g/mol. The van der Waals surface area contributed by atoms with Gasteiger partial charge in [0, 0.05) is 17.1 Å². The summed E-state index contributed by atoms with van der Waals surface area (Å²) in [6, 6.07) is 14.5. The second-order valence-corrected chi connectivity index (χ2v) is 6.63. The standard InChI is InChI=1S/C19H20ClN5O2/c1-13(2)25-18(22-23-24-25)12-27-16-8-5-7-14(10-16)19(26)21-11-15-6-3-4-9-17(15)20/h3-10,13H,11-12H2,1-2H3,(H,21,26). The molecule has 0 spiro atoms. The normalized spacial score (nSPS) is 10.8. The Balaban J connectivity index is 1.62. The number of hydrogen-bond acceptors (Lipinski definition) is 5. The molecular weight excluding hydrogens is 366 g/mol. The highest BCUT2D eigenvalue weighted by molar-refractivity contribution is 6.31. The fourth-order valence-electron chi connectivity index (χ4n) is 2.50. The van der Waals surface area contributed by atoms with E-state index in [1.165, 1.54) is 0 Å². The first-order chi connectivity index (χ1) is 13.0. The van der Waals surface area contributed by atoms with E-state index in [9.17, 15) is 4.79 Å². The molecule has 0 aliphatic carbocycles. The van der Waals surface area contributed by atoms with Gasteiger partial charge < -0.3 is 10.1 Å². The Labute approximate surface area is 162 Å². The zero-order chi connectivity index (χ0) is 19.2. The number of benzene rings is 2. The van der Waals surface area contributed by atoms with E-state index in [-0.39, 0.29) is 18.6 Å². The van der Waals surface area contributed by atoms with E-state index in [4.69, 9.17) is 16.3 Å². The van der Waals surface area contributed by atoms with Crippen LogP contribution in [0.1, 0.15) is 41.6 Å². The Morgan fingerprint density at radius 3 is 2.81 bits per heavy atom. The molecule has 1 heterocycles. The third-order valence-corrected chi connectivity index (χ3v) is 4.28. The van der Waals surface area contributed by atoms with Crippen LogP contribution in [0.15, 0.2) is 48.5 Å². The van der Waals surface area contributed by atoms with Gasteiger partial charge in [-0.2, -0.15) is 0 Å². The molecule has 1 N–H and O–H groups in total. The lowest BCUT2D eigenvalue weighted by molar-refractivity contribution is 0.0950. The predicted octanol–water partition coefficient (Wildman–Crippen LogP) is 3.42. The molecule has 8 heteroatoms. The van der Waals surface area contributed by atoms with Crippen LogP contribution < -0.4 is 10.1 Å². The van der Waals surface area contributed by atoms with Gasteiger partial charge in [0.25, 0.3) is 5.91 Å². The molecular formula is C19H20ClN5O2. The van der Waals surface area contributed by atoms with Gasteiger partial charge in [-0.05, 0) is 54.1 Å². The van der Waals surface area contributed by atoms with E-state index in [0.717, 1.165) is 5.56 Å². The number of amides is 1. The first-order valence-corrected chi connectivity index (χ1v) is 8.93. The number of nitrogens with zero attached hydrogens (tertiary/aromatic N) is 4. The maximum absolute atomic E-state index is 12.4. The van der Waals surface area contributed by atoms with Crippen molar-refractivity contribution in [1.29, 1.82) is 0 Å². The second kappa shape index (κ2) is 8.64. The van der Waals surface area contributed by atoms with E-state index in [1.807, 2.05) is 32.0 Å². The number of aromatic nitrogens is 4. The smallest absolute Gasteiger partial charge is 0.251 e. The monoisotopic (exact) mass is 385 g/mol. The summed E-state index contributed by atoms with van der Waals surface area (Å²) in [5, 5.41) is 15.1. The van der Waals surface area contributed by atoms with Crippen LogP contribution in [0.5, 0.6) is 5.75 Å². The molecule has 3 aromatic rings. The van der Waals surface area contributed by atoms with Crippen molar-refractivity contribution in [2.45, 2.75) is 33.0 Å². The number of tetrazole rings is 1. The number of carbonyl (C=O) groups is 1. The summed E-state index contributed by atoms with van der Waals surface area (Å²) in [6.45, 7) is 4.55. The minimum Gasteiger partial charge on any atom is -0.486 e. The topological polar surface area (TPSA) is 81.9 Å². The lowest BCUT2D eigenvalue weighted by Gasteiger charge is -2.10.